The van der Waals surface area contributed by atoms with Crippen LogP contribution in [0.15, 0.2) is 133 Å². The molecule has 0 fully saturated rings. The summed E-state index contributed by atoms with van der Waals surface area (Å²) in [6.07, 6.45) is 11.2. The Morgan fingerprint density at radius 2 is 1.54 bits per heavy atom. The van der Waals surface area contributed by atoms with Crippen LogP contribution in [0.3, 0.4) is 0 Å². The van der Waals surface area contributed by atoms with Gasteiger partial charge in [-0.25, -0.2) is 0 Å². The van der Waals surface area contributed by atoms with Crippen molar-refractivity contribution in [2.45, 2.75) is 50.6 Å². The van der Waals surface area contributed by atoms with Crippen LogP contribution in [-0.2, 0) is 12.1 Å². The molecule has 4 atom stereocenters. The summed E-state index contributed by atoms with van der Waals surface area (Å²) in [5.74, 6) is 0. The summed E-state index contributed by atoms with van der Waals surface area (Å²) in [5.41, 5.74) is 18.7. The number of rotatable bonds is 5. The Morgan fingerprint density at radius 1 is 0.783 bits per heavy atom. The van der Waals surface area contributed by atoms with E-state index in [-0.39, 0.29) is 18.2 Å². The van der Waals surface area contributed by atoms with E-state index < -0.39 is 5.66 Å². The van der Waals surface area contributed by atoms with Crippen LogP contribution in [0.25, 0.3) is 33.5 Å². The zero-order valence-electron chi connectivity index (χ0n) is 26.4. The highest BCUT2D eigenvalue weighted by atomic mass is 15.2. The molecule has 0 saturated carbocycles. The quantitative estimate of drug-likeness (QED) is 0.163. The van der Waals surface area contributed by atoms with E-state index in [1.165, 1.54) is 44.3 Å². The Kier molecular flexibility index (Phi) is 7.22. The molecule has 228 valence electrons. The third kappa shape index (κ3) is 5.09. The van der Waals surface area contributed by atoms with Crippen LogP contribution in [0.4, 0.5) is 0 Å². The van der Waals surface area contributed by atoms with Gasteiger partial charge in [-0.3, -0.25) is 10.6 Å². The Bertz CT molecular complexity index is 2020. The lowest BCUT2D eigenvalue weighted by atomic mass is 9.82. The Balaban J connectivity index is 1.35. The highest BCUT2D eigenvalue weighted by molar-refractivity contribution is 5.96. The molecule has 0 aromatic heterocycles. The average Bonchev–Trinajstić information content (AvgIpc) is 3.46. The largest absolute Gasteiger partial charge is 0.370 e. The molecule has 3 unspecified atom stereocenters. The van der Waals surface area contributed by atoms with Crippen LogP contribution in [0.2, 0.25) is 0 Å². The van der Waals surface area contributed by atoms with Crippen molar-refractivity contribution in [1.82, 2.24) is 16.0 Å². The van der Waals surface area contributed by atoms with Gasteiger partial charge >= 0.3 is 0 Å². The molecule has 0 amide bonds. The number of hydrogen-bond donors (Lipinski definition) is 4. The minimum atomic E-state index is -0.926. The van der Waals surface area contributed by atoms with E-state index >= 15 is 0 Å². The molecule has 4 nitrogen and oxygen atoms in total. The van der Waals surface area contributed by atoms with Crippen molar-refractivity contribution < 1.29 is 0 Å². The molecule has 0 radical (unpaired) electrons. The lowest BCUT2D eigenvalue weighted by Gasteiger charge is -2.34. The predicted octanol–water partition coefficient (Wildman–Crippen LogP) is 8.49. The summed E-state index contributed by atoms with van der Waals surface area (Å²) in [4.78, 5) is 0. The van der Waals surface area contributed by atoms with Crippen LogP contribution >= 0.6 is 0 Å². The molecular weight excluding hydrogens is 560 g/mol. The maximum atomic E-state index is 7.67. The first-order chi connectivity index (χ1) is 22.5. The standard InChI is InChI=1S/C42H40N4/c1-27-21-28(2)45-41(44-27)33-22-32(38-25-31-17-9-10-18-35(31)36-19-11-12-20-37(36)38)23-34(24-33)42(43)39(29-13-5-3-6-14-29)26-40(46-42)30-15-7-4-8-16-30/h3-10,12-18,20-27,40-41,44-46H,11,19,43H2,1-2H3/t27?,40?,41?,42-/m1/s1. The summed E-state index contributed by atoms with van der Waals surface area (Å²) in [6, 6.07) is 39.5. The average molecular weight is 601 g/mol. The van der Waals surface area contributed by atoms with E-state index in [2.05, 4.69) is 163 Å². The summed E-state index contributed by atoms with van der Waals surface area (Å²) in [5, 5.41) is 14.0. The molecule has 4 heteroatoms. The summed E-state index contributed by atoms with van der Waals surface area (Å²) in [7, 11) is 0. The summed E-state index contributed by atoms with van der Waals surface area (Å²) < 4.78 is 0. The van der Waals surface area contributed by atoms with Gasteiger partial charge in [0.25, 0.3) is 0 Å². The third-order valence-corrected chi connectivity index (χ3v) is 9.79. The van der Waals surface area contributed by atoms with Gasteiger partial charge in [0, 0.05) is 11.7 Å². The van der Waals surface area contributed by atoms with Crippen LogP contribution in [-0.4, -0.2) is 6.04 Å². The Morgan fingerprint density at radius 3 is 2.35 bits per heavy atom. The van der Waals surface area contributed by atoms with E-state index in [1.54, 1.807) is 0 Å². The monoisotopic (exact) mass is 600 g/mol. The molecule has 5 aromatic rings. The topological polar surface area (TPSA) is 62.1 Å². The van der Waals surface area contributed by atoms with Crippen LogP contribution in [0.1, 0.15) is 65.9 Å². The van der Waals surface area contributed by atoms with Crippen molar-refractivity contribution in [1.29, 1.82) is 0 Å². The Hall–Kier alpha value is -4.74. The van der Waals surface area contributed by atoms with Crippen LogP contribution in [0.5, 0.6) is 0 Å². The van der Waals surface area contributed by atoms with E-state index in [0.29, 0.717) is 0 Å². The summed E-state index contributed by atoms with van der Waals surface area (Å²) in [6.45, 7) is 4.35. The highest BCUT2D eigenvalue weighted by Crippen LogP contribution is 2.44. The molecule has 0 saturated heterocycles. The van der Waals surface area contributed by atoms with Gasteiger partial charge in [-0.1, -0.05) is 103 Å². The second kappa shape index (κ2) is 11.6. The number of nitrogens with one attached hydrogen (secondary N) is 3. The number of hydrogen-bond acceptors (Lipinski definition) is 4. The van der Waals surface area contributed by atoms with E-state index in [9.17, 15) is 0 Å². The first-order valence-corrected chi connectivity index (χ1v) is 16.4. The maximum absolute atomic E-state index is 7.67. The molecule has 5 N–H and O–H groups in total. The van der Waals surface area contributed by atoms with Gasteiger partial charge in [-0.2, -0.15) is 0 Å². The number of nitrogens with two attached hydrogens (primary N) is 1. The normalized spacial score (nSPS) is 23.8. The van der Waals surface area contributed by atoms with E-state index in [4.69, 9.17) is 5.73 Å². The van der Waals surface area contributed by atoms with Gasteiger partial charge in [-0.15, -0.1) is 0 Å². The van der Waals surface area contributed by atoms with E-state index in [0.717, 1.165) is 35.1 Å². The van der Waals surface area contributed by atoms with Gasteiger partial charge in [0.1, 0.15) is 11.8 Å². The Labute approximate surface area is 271 Å². The van der Waals surface area contributed by atoms with Crippen molar-refractivity contribution in [3.05, 3.63) is 167 Å². The van der Waals surface area contributed by atoms with Gasteiger partial charge < -0.3 is 11.1 Å². The van der Waals surface area contributed by atoms with E-state index in [1.807, 2.05) is 0 Å². The fraction of sp³-hybridized carbons (Fsp3) is 0.190. The smallest absolute Gasteiger partial charge is 0.120 e. The first-order valence-electron chi connectivity index (χ1n) is 16.4. The minimum Gasteiger partial charge on any atom is -0.370 e. The van der Waals surface area contributed by atoms with Crippen molar-refractivity contribution in [3.63, 3.8) is 0 Å². The molecule has 0 bridgehead atoms. The number of aryl methyl sites for hydroxylation is 1. The predicted molar refractivity (Wildman–Crippen MR) is 192 cm³/mol. The molecule has 3 aliphatic rings. The zero-order chi connectivity index (χ0) is 31.3. The van der Waals surface area contributed by atoms with Crippen molar-refractivity contribution in [2.24, 2.45) is 5.73 Å². The van der Waals surface area contributed by atoms with Crippen molar-refractivity contribution >= 4 is 22.4 Å². The lowest BCUT2D eigenvalue weighted by Crippen LogP contribution is -2.49. The second-order valence-corrected chi connectivity index (χ2v) is 13.0. The molecule has 0 spiro atoms. The molecule has 2 aliphatic heterocycles. The molecule has 5 aromatic carbocycles. The molecule has 8 rings (SSSR count). The fourth-order valence-corrected chi connectivity index (χ4v) is 7.63. The van der Waals surface area contributed by atoms with Gasteiger partial charge in [-0.05, 0) is 118 Å². The minimum absolute atomic E-state index is 0.0268. The molecular formula is C42H40N4. The van der Waals surface area contributed by atoms with Crippen molar-refractivity contribution in [3.8, 4) is 11.1 Å². The molecule has 46 heavy (non-hydrogen) atoms. The fourth-order valence-electron chi connectivity index (χ4n) is 7.63. The maximum Gasteiger partial charge on any atom is 0.120 e. The summed E-state index contributed by atoms with van der Waals surface area (Å²) >= 11 is 0. The lowest BCUT2D eigenvalue weighted by molar-refractivity contribution is 0.420. The third-order valence-electron chi connectivity index (χ3n) is 9.79. The van der Waals surface area contributed by atoms with Gasteiger partial charge in [0.15, 0.2) is 0 Å². The first kappa shape index (κ1) is 28.7. The zero-order valence-corrected chi connectivity index (χ0v) is 26.4. The number of allylic oxidation sites excluding steroid dienone is 2. The van der Waals surface area contributed by atoms with Crippen LogP contribution in [0, 0.1) is 0 Å². The number of fused-ring (bicyclic) bond motifs is 3. The second-order valence-electron chi connectivity index (χ2n) is 13.0. The number of benzene rings is 5. The molecule has 2 heterocycles. The molecule has 1 aliphatic carbocycles. The SMILES string of the molecule is CC1=CC(C)NC(c2cc(-c3cc4ccccc4c4c3C=CCC4)cc([C@@]3(N)NC(c4ccccc4)C=C3c3ccccc3)c2)N1. The van der Waals surface area contributed by atoms with Gasteiger partial charge in [0.2, 0.25) is 0 Å². The van der Waals surface area contributed by atoms with Gasteiger partial charge in [0.05, 0.1) is 6.04 Å². The van der Waals surface area contributed by atoms with Crippen molar-refractivity contribution in [2.75, 3.05) is 0 Å². The van der Waals surface area contributed by atoms with Crippen LogP contribution < -0.4 is 21.7 Å². The highest BCUT2D eigenvalue weighted by Gasteiger charge is 2.41.